The summed E-state index contributed by atoms with van der Waals surface area (Å²) in [6.07, 6.45) is 2.61. The molecule has 6 rings (SSSR count). The molecule has 3 aromatic rings. The molecular formula is C52H64N2O14. The first-order valence-electron chi connectivity index (χ1n) is 23.3. The molecule has 16 nitrogen and oxygen atoms in total. The Morgan fingerprint density at radius 1 is 0.779 bits per heavy atom. The third kappa shape index (κ3) is 13.9. The fourth-order valence-electron chi connectivity index (χ4n) is 9.20. The zero-order valence-corrected chi connectivity index (χ0v) is 39.6. The van der Waals surface area contributed by atoms with Gasteiger partial charge in [0.2, 0.25) is 0 Å². The minimum Gasteiger partial charge on any atom is -0.465 e. The van der Waals surface area contributed by atoms with E-state index >= 15 is 0 Å². The van der Waals surface area contributed by atoms with E-state index in [2.05, 4.69) is 20.1 Å². The number of carbonyl (C=O) groups is 3. The van der Waals surface area contributed by atoms with Gasteiger partial charge in [-0.05, 0) is 113 Å². The summed E-state index contributed by atoms with van der Waals surface area (Å²) in [5.74, 6) is -1.81. The molecule has 0 saturated carbocycles. The summed E-state index contributed by atoms with van der Waals surface area (Å²) in [4.78, 5) is 60.3. The van der Waals surface area contributed by atoms with Gasteiger partial charge in [-0.2, -0.15) is 0 Å². The van der Waals surface area contributed by atoms with Crippen molar-refractivity contribution >= 4 is 29.3 Å². The van der Waals surface area contributed by atoms with Crippen LogP contribution in [0.1, 0.15) is 105 Å². The fourth-order valence-corrected chi connectivity index (χ4v) is 9.20. The Morgan fingerprint density at radius 3 is 2.00 bits per heavy atom. The van der Waals surface area contributed by atoms with Crippen molar-refractivity contribution in [2.45, 2.75) is 134 Å². The quantitative estimate of drug-likeness (QED) is 0.0244. The molecule has 0 aliphatic carbocycles. The highest BCUT2D eigenvalue weighted by Crippen LogP contribution is 2.41. The van der Waals surface area contributed by atoms with Crippen LogP contribution in [0.5, 0.6) is 0 Å². The topological polar surface area (TPSA) is 202 Å². The maximum atomic E-state index is 13.6. The van der Waals surface area contributed by atoms with E-state index in [-0.39, 0.29) is 71.1 Å². The minimum absolute atomic E-state index is 0.0230. The molecule has 10 atom stereocenters. The molecule has 3 heterocycles. The number of nitro groups is 2. The zero-order chi connectivity index (χ0) is 49.1. The van der Waals surface area contributed by atoms with E-state index in [1.165, 1.54) is 48.5 Å². The summed E-state index contributed by atoms with van der Waals surface area (Å²) in [5.41, 5.74) is 2.27. The van der Waals surface area contributed by atoms with Crippen molar-refractivity contribution in [3.05, 3.63) is 140 Å². The van der Waals surface area contributed by atoms with Crippen molar-refractivity contribution in [1.82, 2.24) is 0 Å². The lowest BCUT2D eigenvalue weighted by Crippen LogP contribution is -2.39. The van der Waals surface area contributed by atoms with Gasteiger partial charge in [0.05, 0.1) is 75.7 Å². The van der Waals surface area contributed by atoms with E-state index in [1.807, 2.05) is 51.1 Å². The molecule has 0 N–H and O–H groups in total. The normalized spacial score (nSPS) is 25.4. The molecule has 1 unspecified atom stereocenters. The molecule has 0 spiro atoms. The number of methoxy groups -OCH3 is 1. The Kier molecular flexibility index (Phi) is 17.8. The summed E-state index contributed by atoms with van der Waals surface area (Å²) < 4.78 is 43.5. The van der Waals surface area contributed by atoms with Crippen molar-refractivity contribution in [1.29, 1.82) is 0 Å². The number of nitrogens with zero attached hydrogens (tertiary/aromatic N) is 2. The van der Waals surface area contributed by atoms with Gasteiger partial charge in [-0.3, -0.25) is 25.0 Å². The molecule has 0 radical (unpaired) electrons. The molecule has 16 heteroatoms. The summed E-state index contributed by atoms with van der Waals surface area (Å²) in [6, 6.07) is 19.9. The number of hydrogen-bond acceptors (Lipinski definition) is 14. The summed E-state index contributed by atoms with van der Waals surface area (Å²) in [7, 11) is 1.60. The van der Waals surface area contributed by atoms with Gasteiger partial charge in [0.15, 0.2) is 0 Å². The number of ether oxygens (including phenoxy) is 7. The van der Waals surface area contributed by atoms with E-state index in [0.717, 1.165) is 48.8 Å². The van der Waals surface area contributed by atoms with Crippen LogP contribution in [0.4, 0.5) is 11.4 Å². The highest BCUT2D eigenvalue weighted by molar-refractivity contribution is 5.90. The molecule has 366 valence electrons. The Balaban J connectivity index is 1.14. The monoisotopic (exact) mass is 940 g/mol. The Hall–Kier alpha value is -5.81. The van der Waals surface area contributed by atoms with Gasteiger partial charge < -0.3 is 33.2 Å². The van der Waals surface area contributed by atoms with Crippen molar-refractivity contribution in [3.8, 4) is 0 Å². The molecule has 0 aromatic heterocycles. The van der Waals surface area contributed by atoms with Gasteiger partial charge in [0, 0.05) is 50.1 Å². The van der Waals surface area contributed by atoms with E-state index in [9.17, 15) is 34.6 Å². The van der Waals surface area contributed by atoms with E-state index in [1.54, 1.807) is 7.11 Å². The number of hydrogen-bond donors (Lipinski definition) is 0. The van der Waals surface area contributed by atoms with Crippen LogP contribution in [-0.2, 0) is 44.4 Å². The van der Waals surface area contributed by atoms with Crippen molar-refractivity contribution in [2.24, 2.45) is 17.3 Å². The third-order valence-corrected chi connectivity index (χ3v) is 13.0. The van der Waals surface area contributed by atoms with Crippen molar-refractivity contribution in [2.75, 3.05) is 20.3 Å². The highest BCUT2D eigenvalue weighted by atomic mass is 16.6. The number of esters is 3. The van der Waals surface area contributed by atoms with Crippen LogP contribution in [0.3, 0.4) is 0 Å². The second-order valence-corrected chi connectivity index (χ2v) is 19.1. The first-order chi connectivity index (χ1) is 32.4. The second-order valence-electron chi connectivity index (χ2n) is 19.1. The summed E-state index contributed by atoms with van der Waals surface area (Å²) in [6.45, 7) is 16.4. The molecule has 3 aliphatic heterocycles. The van der Waals surface area contributed by atoms with Gasteiger partial charge in [-0.1, -0.05) is 50.4 Å². The predicted octanol–water partition coefficient (Wildman–Crippen LogP) is 9.52. The van der Waals surface area contributed by atoms with Crippen molar-refractivity contribution < 1.29 is 57.4 Å². The van der Waals surface area contributed by atoms with Gasteiger partial charge >= 0.3 is 17.9 Å². The maximum absolute atomic E-state index is 13.6. The molecule has 3 saturated heterocycles. The van der Waals surface area contributed by atoms with E-state index in [4.69, 9.17) is 33.2 Å². The molecular weight excluding hydrogens is 877 g/mol. The Labute approximate surface area is 397 Å². The molecule has 3 aromatic carbocycles. The molecule has 0 bridgehead atoms. The SMILES string of the molecule is C=C1C(C[C@@H]2O[C@H](C[C@@H](COC(=O)c3ccc([N+](=O)[O-])cc3)OC(=O)c3ccc([N+](=O)[O-])cc3)[C@H](OC)[C@H]2Cc2ccccc2)O[C@@H](CC[C@@H]2O[C@@H](CCCOC(=O)C(C)(C)C)CC2=C)C[C@H]1C. The lowest BCUT2D eigenvalue weighted by atomic mass is 9.81. The van der Waals surface area contributed by atoms with Gasteiger partial charge in [0.25, 0.3) is 11.4 Å². The second kappa shape index (κ2) is 23.5. The van der Waals surface area contributed by atoms with Crippen LogP contribution in [0, 0.1) is 37.5 Å². The number of carbonyl (C=O) groups excluding carboxylic acids is 3. The Morgan fingerprint density at radius 2 is 1.40 bits per heavy atom. The van der Waals surface area contributed by atoms with Crippen LogP contribution in [0.15, 0.2) is 103 Å². The van der Waals surface area contributed by atoms with Gasteiger partial charge in [0.1, 0.15) is 12.7 Å². The first-order valence-corrected chi connectivity index (χ1v) is 23.3. The lowest BCUT2D eigenvalue weighted by molar-refractivity contribution is -0.385. The molecule has 3 aliphatic rings. The molecule has 3 fully saturated rings. The lowest BCUT2D eigenvalue weighted by Gasteiger charge is -2.38. The highest BCUT2D eigenvalue weighted by Gasteiger charge is 2.48. The maximum Gasteiger partial charge on any atom is 0.338 e. The van der Waals surface area contributed by atoms with Crippen LogP contribution in [0.2, 0.25) is 0 Å². The number of rotatable bonds is 21. The minimum atomic E-state index is -1.07. The largest absolute Gasteiger partial charge is 0.465 e. The van der Waals surface area contributed by atoms with Gasteiger partial charge in [-0.15, -0.1) is 0 Å². The van der Waals surface area contributed by atoms with Crippen LogP contribution >= 0.6 is 0 Å². The summed E-state index contributed by atoms with van der Waals surface area (Å²) >= 11 is 0. The number of nitro benzene ring substituents is 2. The van der Waals surface area contributed by atoms with Crippen LogP contribution in [0.25, 0.3) is 0 Å². The Bertz CT molecular complexity index is 2240. The number of non-ortho nitro benzene ring substituents is 2. The molecule has 68 heavy (non-hydrogen) atoms. The van der Waals surface area contributed by atoms with Gasteiger partial charge in [-0.25, -0.2) is 9.59 Å². The van der Waals surface area contributed by atoms with Crippen molar-refractivity contribution in [3.63, 3.8) is 0 Å². The third-order valence-electron chi connectivity index (χ3n) is 13.0. The average Bonchev–Trinajstić information content (AvgIpc) is 3.83. The molecule has 0 amide bonds. The summed E-state index contributed by atoms with van der Waals surface area (Å²) in [5, 5.41) is 22.5. The van der Waals surface area contributed by atoms with E-state index in [0.29, 0.717) is 25.9 Å². The fraction of sp³-hybridized carbons (Fsp3) is 0.519. The van der Waals surface area contributed by atoms with Crippen LogP contribution < -0.4 is 0 Å². The predicted molar refractivity (Wildman–Crippen MR) is 251 cm³/mol. The first kappa shape index (κ1) is 51.6. The van der Waals surface area contributed by atoms with Crippen LogP contribution in [-0.4, -0.2) is 96.9 Å². The standard InChI is InChI=1S/C52H64N2O14/c1-32-26-41(23-24-44-33(2)27-40(65-44)14-11-25-63-51(57)52(4,5)6)66-45(34(32)3)30-46-43(28-35-12-9-8-10-13-35)48(62-7)47(68-46)29-42(67-50(56)37-17-21-39(22-18-37)54(60)61)31-64-49(55)36-15-19-38(20-16-36)53(58)59/h8-10,12-13,15-22,32,40-48H,2-3,11,14,23-31H2,1,4-7H3/t32-,40+,41+,42+,43+,44+,45?,46+,47-,48-/m1/s1. The zero-order valence-electron chi connectivity index (χ0n) is 39.6. The smallest absolute Gasteiger partial charge is 0.338 e. The van der Waals surface area contributed by atoms with E-state index < -0.39 is 58.2 Å². The average molecular weight is 941 g/mol. The number of benzene rings is 3.